The van der Waals surface area contributed by atoms with Crippen molar-refractivity contribution in [3.05, 3.63) is 78.6 Å². The molecule has 0 saturated carbocycles. The van der Waals surface area contributed by atoms with Gasteiger partial charge in [0.25, 0.3) is 0 Å². The molecule has 0 radical (unpaired) electrons. The van der Waals surface area contributed by atoms with Gasteiger partial charge in [0.15, 0.2) is 5.16 Å². The molecular formula is C16H16FeN2S. The van der Waals surface area contributed by atoms with Crippen molar-refractivity contribution < 1.29 is 17.1 Å². The molecule has 3 rings (SSSR count). The number of aromatic nitrogens is 2. The van der Waals surface area contributed by atoms with Crippen molar-refractivity contribution in [2.24, 2.45) is 0 Å². The van der Waals surface area contributed by atoms with Crippen LogP contribution in [0.15, 0.2) is 78.2 Å². The van der Waals surface area contributed by atoms with E-state index in [1.165, 1.54) is 5.56 Å². The zero-order valence-corrected chi connectivity index (χ0v) is 13.1. The fourth-order valence-corrected chi connectivity index (χ4v) is 2.41. The Bertz CT molecular complexity index is 518. The third kappa shape index (κ3) is 5.74. The second-order valence-corrected chi connectivity index (χ2v) is 5.28. The number of nitrogens with zero attached hydrogens (tertiary/aromatic N) is 2. The van der Waals surface area contributed by atoms with Gasteiger partial charge in [-0.05, 0) is 11.3 Å². The van der Waals surface area contributed by atoms with Crippen molar-refractivity contribution >= 4 is 11.8 Å². The first-order chi connectivity index (χ1) is 9.36. The van der Waals surface area contributed by atoms with Crippen molar-refractivity contribution in [1.82, 2.24) is 9.97 Å². The smallest absolute Gasteiger partial charge is 0.231 e. The Morgan fingerprint density at radius 3 is 2.10 bits per heavy atom. The molecule has 0 aliphatic carbocycles. The molecule has 1 heterocycles. The van der Waals surface area contributed by atoms with E-state index in [0.717, 1.165) is 5.16 Å². The second-order valence-electron chi connectivity index (χ2n) is 3.97. The maximum absolute atomic E-state index is 4.18. The van der Waals surface area contributed by atoms with Crippen LogP contribution in [-0.2, 0) is 17.1 Å². The molecule has 0 aliphatic rings. The number of thioether (sulfide) groups is 1. The second kappa shape index (κ2) is 9.54. The monoisotopic (exact) mass is 324 g/mol. The van der Waals surface area contributed by atoms with Crippen LogP contribution in [0.5, 0.6) is 0 Å². The summed E-state index contributed by atoms with van der Waals surface area (Å²) in [7, 11) is 0. The van der Waals surface area contributed by atoms with E-state index in [4.69, 9.17) is 0 Å². The van der Waals surface area contributed by atoms with E-state index in [1.807, 2.05) is 36.4 Å². The van der Waals surface area contributed by atoms with Crippen LogP contribution < -0.4 is 0 Å². The Hall–Kier alpha value is -1.35. The summed E-state index contributed by atoms with van der Waals surface area (Å²) < 4.78 is 0. The Morgan fingerprint density at radius 2 is 1.60 bits per heavy atom. The molecule has 20 heavy (non-hydrogen) atoms. The zero-order valence-electron chi connectivity index (χ0n) is 11.2. The molecule has 0 N–H and O–H groups in total. The first kappa shape index (κ1) is 16.7. The van der Waals surface area contributed by atoms with Crippen molar-refractivity contribution in [3.63, 3.8) is 0 Å². The molecule has 0 fully saturated rings. The van der Waals surface area contributed by atoms with Crippen LogP contribution in [0.2, 0.25) is 0 Å². The van der Waals surface area contributed by atoms with Crippen LogP contribution in [-0.4, -0.2) is 9.97 Å². The fraction of sp³-hybridized carbons (Fsp3) is 0.125. The molecule has 2 nitrogen and oxygen atoms in total. The molecule has 3 aromatic rings. The van der Waals surface area contributed by atoms with Crippen molar-refractivity contribution in [2.45, 2.75) is 17.3 Å². The topological polar surface area (TPSA) is 25.8 Å². The molecule has 1 aromatic heterocycles. The average molecular weight is 324 g/mol. The van der Waals surface area contributed by atoms with Gasteiger partial charge in [0.1, 0.15) is 0 Å². The van der Waals surface area contributed by atoms with E-state index >= 15 is 0 Å². The van der Waals surface area contributed by atoms with Gasteiger partial charge in [-0.2, -0.15) is 30.3 Å². The van der Waals surface area contributed by atoms with Gasteiger partial charge in [-0.1, -0.05) is 18.7 Å². The van der Waals surface area contributed by atoms with Gasteiger partial charge in [0.2, 0.25) is 0 Å². The van der Waals surface area contributed by atoms with Crippen LogP contribution >= 0.6 is 11.8 Å². The standard InChI is InChI=1S/C11H11N2S.C5H5.Fe/c1-9(10-5-2-3-6-10)14-11-12-7-4-8-13-11;1-2-4-5-3-1;/h2-9H,1H3;1-5H;/q2*-1;+2. The molecule has 0 bridgehead atoms. The first-order valence-electron chi connectivity index (χ1n) is 6.18. The Balaban J connectivity index is 0.000000283. The van der Waals surface area contributed by atoms with E-state index in [2.05, 4.69) is 41.2 Å². The van der Waals surface area contributed by atoms with Gasteiger partial charge in [0.05, 0.1) is 0 Å². The summed E-state index contributed by atoms with van der Waals surface area (Å²) in [5.74, 6) is 0. The van der Waals surface area contributed by atoms with Gasteiger partial charge in [-0.25, -0.2) is 34.2 Å². The minimum atomic E-state index is 0. The van der Waals surface area contributed by atoms with Crippen LogP contribution in [0.25, 0.3) is 0 Å². The summed E-state index contributed by atoms with van der Waals surface area (Å²) in [6.07, 6.45) is 3.54. The summed E-state index contributed by atoms with van der Waals surface area (Å²) >= 11 is 1.68. The largest absolute Gasteiger partial charge is 2.00 e. The summed E-state index contributed by atoms with van der Waals surface area (Å²) in [4.78, 5) is 8.36. The molecule has 0 saturated heterocycles. The SMILES string of the molecule is CC(Sc1ncccn1)[c-]1cccc1.[Fe+2].c1cc[cH-]c1. The Morgan fingerprint density at radius 1 is 1.00 bits per heavy atom. The maximum atomic E-state index is 4.18. The normalized spacial score (nSPS) is 10.8. The molecule has 1 unspecified atom stereocenters. The van der Waals surface area contributed by atoms with Crippen LogP contribution in [0.3, 0.4) is 0 Å². The van der Waals surface area contributed by atoms with Crippen LogP contribution in [0.1, 0.15) is 17.7 Å². The Labute approximate surface area is 134 Å². The number of rotatable bonds is 3. The number of hydrogen-bond donors (Lipinski definition) is 0. The quantitative estimate of drug-likeness (QED) is 0.308. The fourth-order valence-electron chi connectivity index (χ4n) is 1.55. The predicted molar refractivity (Wildman–Crippen MR) is 80.4 cm³/mol. The molecule has 0 aliphatic heterocycles. The van der Waals surface area contributed by atoms with Crippen molar-refractivity contribution in [1.29, 1.82) is 0 Å². The van der Waals surface area contributed by atoms with Gasteiger partial charge >= 0.3 is 17.1 Å². The average Bonchev–Trinajstić information content (AvgIpc) is 3.16. The first-order valence-corrected chi connectivity index (χ1v) is 7.06. The van der Waals surface area contributed by atoms with E-state index in [1.54, 1.807) is 24.2 Å². The third-order valence-corrected chi connectivity index (χ3v) is 3.59. The van der Waals surface area contributed by atoms with Crippen molar-refractivity contribution in [2.75, 3.05) is 0 Å². The van der Waals surface area contributed by atoms with E-state index in [-0.39, 0.29) is 17.1 Å². The minimum absolute atomic E-state index is 0. The molecule has 1 atom stereocenters. The molecule has 0 amide bonds. The predicted octanol–water partition coefficient (Wildman–Crippen LogP) is 4.45. The van der Waals surface area contributed by atoms with E-state index in [0.29, 0.717) is 5.25 Å². The summed E-state index contributed by atoms with van der Waals surface area (Å²) in [5, 5.41) is 1.24. The third-order valence-electron chi connectivity index (χ3n) is 2.54. The van der Waals surface area contributed by atoms with E-state index < -0.39 is 0 Å². The van der Waals surface area contributed by atoms with Crippen LogP contribution in [0, 0.1) is 0 Å². The van der Waals surface area contributed by atoms with Gasteiger partial charge < -0.3 is 0 Å². The summed E-state index contributed by atoms with van der Waals surface area (Å²) in [6.45, 7) is 2.16. The maximum Gasteiger partial charge on any atom is 2.00 e. The summed E-state index contributed by atoms with van der Waals surface area (Å²) in [6, 6.07) is 20.2. The molecule has 2 aromatic carbocycles. The van der Waals surface area contributed by atoms with Gasteiger partial charge in [-0.15, -0.1) is 5.56 Å². The molecule has 0 spiro atoms. The van der Waals surface area contributed by atoms with E-state index in [9.17, 15) is 0 Å². The minimum Gasteiger partial charge on any atom is -0.231 e. The molecule has 4 heteroatoms. The zero-order chi connectivity index (χ0) is 13.3. The van der Waals surface area contributed by atoms with Crippen LogP contribution in [0.4, 0.5) is 0 Å². The van der Waals surface area contributed by atoms with Gasteiger partial charge in [0, 0.05) is 12.4 Å². The summed E-state index contributed by atoms with van der Waals surface area (Å²) in [5.41, 5.74) is 1.32. The molecular weight excluding hydrogens is 308 g/mol. The molecule has 104 valence electrons. The number of hydrogen-bond acceptors (Lipinski definition) is 3. The van der Waals surface area contributed by atoms with Crippen molar-refractivity contribution in [3.8, 4) is 0 Å². The Kier molecular flexibility index (Phi) is 7.96. The van der Waals surface area contributed by atoms with Gasteiger partial charge in [-0.3, -0.25) is 0 Å².